The van der Waals surface area contributed by atoms with Gasteiger partial charge in [0, 0.05) is 19.0 Å². The van der Waals surface area contributed by atoms with Gasteiger partial charge in [-0.15, -0.1) is 0 Å². The minimum Gasteiger partial charge on any atom is -0.591 e. The maximum atomic E-state index is 12.1. The highest BCUT2D eigenvalue weighted by Crippen LogP contribution is 2.23. The van der Waals surface area contributed by atoms with E-state index in [1.807, 2.05) is 41.5 Å². The van der Waals surface area contributed by atoms with Crippen molar-refractivity contribution in [2.24, 2.45) is 4.40 Å². The zero-order valence-electron chi connectivity index (χ0n) is 14.0. The maximum absolute atomic E-state index is 12.1. The Balaban J connectivity index is 2.55. The molecule has 0 aliphatic carbocycles. The first-order chi connectivity index (χ1) is 9.50. The summed E-state index contributed by atoms with van der Waals surface area (Å²) < 4.78 is 21.0. The summed E-state index contributed by atoms with van der Waals surface area (Å²) in [7, 11) is 0. The number of carbonyl (C=O) groups is 1. The van der Waals surface area contributed by atoms with E-state index in [0.29, 0.717) is 6.42 Å². The number of ether oxygens (including phenoxy) is 1. The predicted molar refractivity (Wildman–Crippen MR) is 87.0 cm³/mol. The zero-order chi connectivity index (χ0) is 16.3. The molecule has 1 amide bonds. The Labute approximate surface area is 131 Å². The number of amides is 1. The third-order valence-corrected chi connectivity index (χ3v) is 4.47. The van der Waals surface area contributed by atoms with Gasteiger partial charge in [-0.2, -0.15) is 0 Å². The lowest BCUT2D eigenvalue weighted by Gasteiger charge is -2.28. The average Bonchev–Trinajstić information content (AvgIpc) is 2.73. The molecule has 0 bridgehead atoms. The van der Waals surface area contributed by atoms with E-state index in [1.165, 1.54) is 0 Å². The van der Waals surface area contributed by atoms with E-state index in [1.54, 1.807) is 11.1 Å². The largest absolute Gasteiger partial charge is 0.591 e. The average molecular weight is 316 g/mol. The molecule has 21 heavy (non-hydrogen) atoms. The van der Waals surface area contributed by atoms with Gasteiger partial charge in [-0.25, -0.2) is 4.79 Å². The Morgan fingerprint density at radius 1 is 1.38 bits per heavy atom. The number of nitrogens with zero attached hydrogens (tertiary/aromatic N) is 2. The summed E-state index contributed by atoms with van der Waals surface area (Å²) in [5.74, 6) is 0. The van der Waals surface area contributed by atoms with Crippen molar-refractivity contribution >= 4 is 23.7 Å². The predicted octanol–water partition coefficient (Wildman–Crippen LogP) is 3.31. The van der Waals surface area contributed by atoms with Crippen molar-refractivity contribution in [2.45, 2.75) is 77.2 Å². The SMILES string of the molecule is CC(C)(C)OC(=O)N1CCCC1CC=N[S@+]([O-])C(C)(C)C. The number of hydrogen-bond donors (Lipinski definition) is 0. The summed E-state index contributed by atoms with van der Waals surface area (Å²) in [4.78, 5) is 13.9. The summed E-state index contributed by atoms with van der Waals surface area (Å²) in [6.07, 6.45) is 3.96. The number of rotatable bonds is 3. The molecule has 0 aromatic heterocycles. The van der Waals surface area contributed by atoms with Gasteiger partial charge in [0.15, 0.2) is 0 Å². The van der Waals surface area contributed by atoms with Gasteiger partial charge in [0.2, 0.25) is 0 Å². The Kier molecular flexibility index (Phi) is 6.11. The van der Waals surface area contributed by atoms with E-state index >= 15 is 0 Å². The fraction of sp³-hybridized carbons (Fsp3) is 0.867. The van der Waals surface area contributed by atoms with E-state index in [2.05, 4.69) is 4.40 Å². The van der Waals surface area contributed by atoms with Crippen LogP contribution in [0.2, 0.25) is 0 Å². The standard InChI is InChI=1S/C15H28N2O3S/c1-14(2,3)20-13(18)17-11-7-8-12(17)9-10-16-21(19)15(4,5)6/h10,12H,7-9,11H2,1-6H3/t12?,21-/m1/s1. The second kappa shape index (κ2) is 7.01. The topological polar surface area (TPSA) is 65.0 Å². The molecule has 6 heteroatoms. The van der Waals surface area contributed by atoms with E-state index in [9.17, 15) is 9.35 Å². The second-order valence-electron chi connectivity index (χ2n) is 7.36. The molecule has 1 heterocycles. The molecule has 1 unspecified atom stereocenters. The molecule has 122 valence electrons. The van der Waals surface area contributed by atoms with Crippen molar-refractivity contribution in [2.75, 3.05) is 6.54 Å². The molecule has 1 fully saturated rings. The van der Waals surface area contributed by atoms with Crippen LogP contribution < -0.4 is 0 Å². The molecule has 0 aromatic rings. The molecule has 1 aliphatic rings. The summed E-state index contributed by atoms with van der Waals surface area (Å²) in [6, 6.07) is 0.0977. The van der Waals surface area contributed by atoms with Crippen molar-refractivity contribution < 1.29 is 14.1 Å². The quantitative estimate of drug-likeness (QED) is 0.592. The lowest BCUT2D eigenvalue weighted by molar-refractivity contribution is 0.0232. The van der Waals surface area contributed by atoms with Crippen molar-refractivity contribution in [3.05, 3.63) is 0 Å². The van der Waals surface area contributed by atoms with Crippen molar-refractivity contribution in [1.82, 2.24) is 4.90 Å². The fourth-order valence-corrected chi connectivity index (χ4v) is 2.57. The van der Waals surface area contributed by atoms with E-state index in [-0.39, 0.29) is 16.9 Å². The molecular formula is C15H28N2O3S. The van der Waals surface area contributed by atoms with E-state index in [0.717, 1.165) is 19.4 Å². The number of carbonyl (C=O) groups excluding carboxylic acids is 1. The highest BCUT2D eigenvalue weighted by atomic mass is 32.2. The molecule has 1 saturated heterocycles. The Hall–Kier alpha value is -0.750. The smallest absolute Gasteiger partial charge is 0.410 e. The highest BCUT2D eigenvalue weighted by molar-refractivity contribution is 7.91. The van der Waals surface area contributed by atoms with Crippen LogP contribution in [0, 0.1) is 0 Å². The van der Waals surface area contributed by atoms with Crippen molar-refractivity contribution in [3.8, 4) is 0 Å². The van der Waals surface area contributed by atoms with E-state index < -0.39 is 17.0 Å². The van der Waals surface area contributed by atoms with Crippen LogP contribution in [0.1, 0.15) is 60.8 Å². The number of hydrogen-bond acceptors (Lipinski definition) is 4. The second-order valence-corrected chi connectivity index (χ2v) is 9.29. The maximum Gasteiger partial charge on any atom is 0.410 e. The first kappa shape index (κ1) is 18.3. The van der Waals surface area contributed by atoms with Crippen LogP contribution in [0.4, 0.5) is 4.79 Å². The molecule has 1 rings (SSSR count). The third kappa shape index (κ3) is 6.26. The summed E-state index contributed by atoms with van der Waals surface area (Å²) in [6.45, 7) is 12.0. The minimum absolute atomic E-state index is 0.0977. The van der Waals surface area contributed by atoms with Gasteiger partial charge in [-0.3, -0.25) is 0 Å². The number of likely N-dealkylation sites (tertiary alicyclic amines) is 1. The lowest BCUT2D eigenvalue weighted by atomic mass is 10.1. The molecular weight excluding hydrogens is 288 g/mol. The molecule has 0 radical (unpaired) electrons. The van der Waals surface area contributed by atoms with Gasteiger partial charge in [-0.05, 0) is 54.4 Å². The monoisotopic (exact) mass is 316 g/mol. The molecule has 2 atom stereocenters. The summed E-state index contributed by atoms with van der Waals surface area (Å²) in [5.41, 5.74) is -0.480. The third-order valence-electron chi connectivity index (χ3n) is 3.08. The lowest BCUT2D eigenvalue weighted by Crippen LogP contribution is -2.40. The van der Waals surface area contributed by atoms with Crippen molar-refractivity contribution in [1.29, 1.82) is 0 Å². The van der Waals surface area contributed by atoms with Crippen LogP contribution >= 0.6 is 0 Å². The fourth-order valence-electron chi connectivity index (χ4n) is 2.03. The van der Waals surface area contributed by atoms with Crippen molar-refractivity contribution in [3.63, 3.8) is 0 Å². The van der Waals surface area contributed by atoms with Crippen LogP contribution in [0.5, 0.6) is 0 Å². The van der Waals surface area contributed by atoms with Gasteiger partial charge in [0.25, 0.3) is 0 Å². The van der Waals surface area contributed by atoms with Gasteiger partial charge in [0.1, 0.15) is 21.7 Å². The highest BCUT2D eigenvalue weighted by Gasteiger charge is 2.32. The van der Waals surface area contributed by atoms with Gasteiger partial charge >= 0.3 is 6.09 Å². The molecule has 0 spiro atoms. The van der Waals surface area contributed by atoms with E-state index in [4.69, 9.17) is 4.74 Å². The Morgan fingerprint density at radius 3 is 2.52 bits per heavy atom. The molecule has 1 aliphatic heterocycles. The minimum atomic E-state index is -1.24. The molecule has 5 nitrogen and oxygen atoms in total. The van der Waals surface area contributed by atoms with Crippen LogP contribution in [-0.4, -0.2) is 44.7 Å². The first-order valence-electron chi connectivity index (χ1n) is 7.45. The Bertz CT molecular complexity index is 385. The van der Waals surface area contributed by atoms with Crippen LogP contribution in [0.3, 0.4) is 0 Å². The molecule has 0 N–H and O–H groups in total. The summed E-state index contributed by atoms with van der Waals surface area (Å²) in [5, 5.41) is 0. The normalized spacial score (nSPS) is 21.9. The molecule has 0 saturated carbocycles. The molecule has 0 aromatic carbocycles. The first-order valence-corrected chi connectivity index (χ1v) is 8.55. The van der Waals surface area contributed by atoms with Gasteiger partial charge in [-0.1, -0.05) is 4.40 Å². The Morgan fingerprint density at radius 2 is 2.00 bits per heavy atom. The zero-order valence-corrected chi connectivity index (χ0v) is 14.8. The van der Waals surface area contributed by atoms with Crippen LogP contribution in [-0.2, 0) is 16.1 Å². The van der Waals surface area contributed by atoms with Crippen LogP contribution in [0.15, 0.2) is 4.40 Å². The van der Waals surface area contributed by atoms with Gasteiger partial charge in [0.05, 0.1) is 6.21 Å². The van der Waals surface area contributed by atoms with Crippen LogP contribution in [0.25, 0.3) is 0 Å². The van der Waals surface area contributed by atoms with Gasteiger partial charge < -0.3 is 14.2 Å². The summed E-state index contributed by atoms with van der Waals surface area (Å²) >= 11 is -1.24.